The van der Waals surface area contributed by atoms with Gasteiger partial charge in [-0.2, -0.15) is 0 Å². The lowest BCUT2D eigenvalue weighted by Gasteiger charge is -2.34. The highest BCUT2D eigenvalue weighted by Gasteiger charge is 2.36. The number of amides is 4. The molecule has 5 N–H and O–H groups in total. The van der Waals surface area contributed by atoms with Crippen LogP contribution >= 0.6 is 0 Å². The number of aliphatic hydroxyl groups is 1. The number of pyridine rings is 2. The molecular formula is C42H52N6O7. The Morgan fingerprint density at radius 3 is 1.51 bits per heavy atom. The van der Waals surface area contributed by atoms with Gasteiger partial charge in [-0.1, -0.05) is 94.4 Å². The first-order valence-corrected chi connectivity index (χ1v) is 18.4. The Bertz CT molecular complexity index is 1810. The van der Waals surface area contributed by atoms with E-state index in [1.807, 2.05) is 61.5 Å². The predicted octanol–water partition coefficient (Wildman–Crippen LogP) is 4.80. The number of nitrogens with zero attached hydrogens (tertiary/aromatic N) is 2. The van der Waals surface area contributed by atoms with Gasteiger partial charge in [-0.05, 0) is 72.6 Å². The molecule has 0 saturated carbocycles. The molecule has 4 rings (SSSR count). The summed E-state index contributed by atoms with van der Waals surface area (Å²) in [5.74, 6) is -1.78. The molecule has 0 aliphatic carbocycles. The van der Waals surface area contributed by atoms with Crippen molar-refractivity contribution in [2.75, 3.05) is 0 Å². The van der Waals surface area contributed by atoms with Crippen molar-refractivity contribution in [3.05, 3.63) is 131 Å². The SMILES string of the molecule is Cc1ccccc1C[C@H](NC(=O)[C@@H](NC(=O)OCc1ccccn1)C(C)C)[C@H](O)[C@H](Cc1ccccc1)NC(=O)[C@@H](NC(=O)OCc1ccccn1)C(C)C. The lowest BCUT2D eigenvalue weighted by Crippen LogP contribution is -2.61. The van der Waals surface area contributed by atoms with Gasteiger partial charge in [0.15, 0.2) is 0 Å². The number of benzene rings is 2. The minimum absolute atomic E-state index is 0.0804. The van der Waals surface area contributed by atoms with E-state index >= 15 is 0 Å². The predicted molar refractivity (Wildman–Crippen MR) is 207 cm³/mol. The summed E-state index contributed by atoms with van der Waals surface area (Å²) in [4.78, 5) is 62.0. The molecular weight excluding hydrogens is 700 g/mol. The molecule has 0 unspecified atom stereocenters. The fourth-order valence-corrected chi connectivity index (χ4v) is 5.94. The van der Waals surface area contributed by atoms with Crippen LogP contribution in [0.5, 0.6) is 0 Å². The van der Waals surface area contributed by atoms with Crippen LogP contribution in [0.1, 0.15) is 55.8 Å². The quantitative estimate of drug-likeness (QED) is 0.0954. The van der Waals surface area contributed by atoms with E-state index in [4.69, 9.17) is 9.47 Å². The zero-order valence-corrected chi connectivity index (χ0v) is 32.0. The molecule has 0 spiro atoms. The molecule has 0 bridgehead atoms. The summed E-state index contributed by atoms with van der Waals surface area (Å²) in [5.41, 5.74) is 3.74. The van der Waals surface area contributed by atoms with Crippen LogP contribution in [0.3, 0.4) is 0 Å². The Morgan fingerprint density at radius 1 is 0.600 bits per heavy atom. The Kier molecular flexibility index (Phi) is 16.1. The maximum absolute atomic E-state index is 14.0. The van der Waals surface area contributed by atoms with Gasteiger partial charge in [0.2, 0.25) is 11.8 Å². The molecule has 4 amide bonds. The second-order valence-electron chi connectivity index (χ2n) is 14.1. The molecule has 13 heteroatoms. The molecule has 4 aromatic rings. The first-order chi connectivity index (χ1) is 26.4. The summed E-state index contributed by atoms with van der Waals surface area (Å²) in [6.45, 7) is 8.92. The fourth-order valence-electron chi connectivity index (χ4n) is 5.94. The number of hydrogen-bond donors (Lipinski definition) is 5. The molecule has 0 fully saturated rings. The number of aliphatic hydroxyl groups excluding tert-OH is 1. The summed E-state index contributed by atoms with van der Waals surface area (Å²) in [7, 11) is 0. The van der Waals surface area contributed by atoms with Crippen LogP contribution in [-0.4, -0.2) is 69.3 Å². The van der Waals surface area contributed by atoms with Crippen LogP contribution in [0, 0.1) is 18.8 Å². The minimum atomic E-state index is -1.33. The first-order valence-electron chi connectivity index (χ1n) is 18.4. The summed E-state index contributed by atoms with van der Waals surface area (Å²) < 4.78 is 10.7. The van der Waals surface area contributed by atoms with E-state index in [-0.39, 0.29) is 37.9 Å². The van der Waals surface area contributed by atoms with E-state index in [2.05, 4.69) is 31.2 Å². The Hall–Kier alpha value is -5.82. The van der Waals surface area contributed by atoms with Gasteiger partial charge in [0.05, 0.1) is 29.6 Å². The highest BCUT2D eigenvalue weighted by Crippen LogP contribution is 2.18. The highest BCUT2D eigenvalue weighted by atomic mass is 16.6. The fraction of sp³-hybridized carbons (Fsp3) is 0.381. The monoisotopic (exact) mass is 752 g/mol. The molecule has 0 radical (unpaired) electrons. The maximum Gasteiger partial charge on any atom is 0.408 e. The number of carbonyl (C=O) groups excluding carboxylic acids is 4. The number of carbonyl (C=O) groups is 4. The lowest BCUT2D eigenvalue weighted by atomic mass is 9.90. The van der Waals surface area contributed by atoms with Gasteiger partial charge in [0.25, 0.3) is 0 Å². The number of alkyl carbamates (subject to hydrolysis) is 2. The Balaban J connectivity index is 1.56. The number of nitrogens with one attached hydrogen (secondary N) is 4. The van der Waals surface area contributed by atoms with Gasteiger partial charge in [0, 0.05) is 12.4 Å². The average Bonchev–Trinajstić information content (AvgIpc) is 3.18. The van der Waals surface area contributed by atoms with Crippen molar-refractivity contribution >= 4 is 24.0 Å². The van der Waals surface area contributed by atoms with Crippen molar-refractivity contribution in [2.24, 2.45) is 11.8 Å². The number of hydrogen-bond acceptors (Lipinski definition) is 9. The molecule has 55 heavy (non-hydrogen) atoms. The van der Waals surface area contributed by atoms with Gasteiger partial charge in [0.1, 0.15) is 25.3 Å². The maximum atomic E-state index is 14.0. The van der Waals surface area contributed by atoms with Crippen LogP contribution in [0.2, 0.25) is 0 Å². The third-order valence-electron chi connectivity index (χ3n) is 9.08. The van der Waals surface area contributed by atoms with Crippen molar-refractivity contribution < 1.29 is 33.8 Å². The summed E-state index contributed by atoms with van der Waals surface area (Å²) in [6, 6.07) is 23.6. The smallest absolute Gasteiger partial charge is 0.408 e. The van der Waals surface area contributed by atoms with Gasteiger partial charge in [-0.25, -0.2) is 9.59 Å². The van der Waals surface area contributed by atoms with E-state index in [9.17, 15) is 24.3 Å². The van der Waals surface area contributed by atoms with Crippen LogP contribution in [-0.2, 0) is 45.1 Å². The molecule has 2 aromatic carbocycles. The van der Waals surface area contributed by atoms with Crippen LogP contribution in [0.15, 0.2) is 103 Å². The van der Waals surface area contributed by atoms with Crippen LogP contribution < -0.4 is 21.3 Å². The Morgan fingerprint density at radius 2 is 1.05 bits per heavy atom. The highest BCUT2D eigenvalue weighted by molar-refractivity contribution is 5.87. The normalized spacial score (nSPS) is 13.8. The third-order valence-corrected chi connectivity index (χ3v) is 9.08. The van der Waals surface area contributed by atoms with Crippen molar-refractivity contribution in [2.45, 2.75) is 90.9 Å². The summed E-state index contributed by atoms with van der Waals surface area (Å²) in [5, 5.41) is 23.5. The zero-order valence-electron chi connectivity index (χ0n) is 32.0. The van der Waals surface area contributed by atoms with Crippen molar-refractivity contribution in [3.8, 4) is 0 Å². The number of aromatic nitrogens is 2. The van der Waals surface area contributed by atoms with Crippen LogP contribution in [0.4, 0.5) is 9.59 Å². The van der Waals surface area contributed by atoms with E-state index in [1.165, 1.54) is 0 Å². The van der Waals surface area contributed by atoms with E-state index < -0.39 is 54.3 Å². The minimum Gasteiger partial charge on any atom is -0.443 e. The largest absolute Gasteiger partial charge is 0.443 e. The van der Waals surface area contributed by atoms with E-state index in [0.29, 0.717) is 11.4 Å². The number of ether oxygens (including phenoxy) is 2. The average molecular weight is 753 g/mol. The van der Waals surface area contributed by atoms with Gasteiger partial charge in [-0.3, -0.25) is 19.6 Å². The number of aryl methyl sites for hydroxylation is 1. The molecule has 0 aliphatic rings. The van der Waals surface area contributed by atoms with Crippen molar-refractivity contribution in [1.82, 2.24) is 31.2 Å². The van der Waals surface area contributed by atoms with Crippen LogP contribution in [0.25, 0.3) is 0 Å². The molecule has 2 heterocycles. The second kappa shape index (κ2) is 21.2. The Labute approximate surface area is 322 Å². The standard InChI is InChI=1S/C42H52N6O7/c1-27(2)36(47-41(52)54-25-32-19-11-13-21-43-32)39(50)45-34(23-30-16-7-6-8-17-30)38(49)35(24-31-18-10-9-15-29(31)5)46-40(51)37(28(3)4)48-42(53)55-26-33-20-12-14-22-44-33/h6-22,27-28,34-38,49H,23-26H2,1-5H3,(H,45,50)(H,46,51)(H,47,52)(H,48,53)/t34-,35-,36-,37-,38+/m0/s1. The topological polar surface area (TPSA) is 181 Å². The van der Waals surface area contributed by atoms with Gasteiger partial charge < -0.3 is 35.8 Å². The summed E-state index contributed by atoms with van der Waals surface area (Å²) in [6.07, 6.45) is 0.668. The molecule has 0 saturated heterocycles. The van der Waals surface area contributed by atoms with Crippen molar-refractivity contribution in [3.63, 3.8) is 0 Å². The van der Waals surface area contributed by atoms with Gasteiger partial charge >= 0.3 is 12.2 Å². The third kappa shape index (κ3) is 13.5. The van der Waals surface area contributed by atoms with Gasteiger partial charge in [-0.15, -0.1) is 0 Å². The van der Waals surface area contributed by atoms with E-state index in [0.717, 1.165) is 16.7 Å². The van der Waals surface area contributed by atoms with E-state index in [1.54, 1.807) is 76.5 Å². The zero-order chi connectivity index (χ0) is 39.7. The molecule has 2 aromatic heterocycles. The first kappa shape index (κ1) is 41.9. The molecule has 0 aliphatic heterocycles. The summed E-state index contributed by atoms with van der Waals surface area (Å²) >= 11 is 0. The molecule has 292 valence electrons. The second-order valence-corrected chi connectivity index (χ2v) is 14.1. The van der Waals surface area contributed by atoms with Crippen molar-refractivity contribution in [1.29, 1.82) is 0 Å². The molecule has 13 nitrogen and oxygen atoms in total. The number of rotatable bonds is 18. The lowest BCUT2D eigenvalue weighted by molar-refractivity contribution is -0.126. The molecule has 5 atom stereocenters.